The molecule has 1 saturated heterocycles. The topological polar surface area (TPSA) is 74.1 Å². The lowest BCUT2D eigenvalue weighted by Crippen LogP contribution is -3.18. The van der Waals surface area contributed by atoms with Gasteiger partial charge in [-0.25, -0.2) is 4.79 Å². The number of hydrogen-bond donors (Lipinski definition) is 3. The van der Waals surface area contributed by atoms with Crippen LogP contribution in [0.4, 0.5) is 4.79 Å². The third-order valence-corrected chi connectivity index (χ3v) is 3.79. The molecule has 124 valence electrons. The van der Waals surface area contributed by atoms with Crippen molar-refractivity contribution in [3.63, 3.8) is 0 Å². The SMILES string of the molecule is CC(C)[NH+](CC(O)CN1C(=O)NC(C)(C)C1=O)C(C)C.[Cl-]. The number of quaternary nitrogens is 1. The molecule has 0 aromatic rings. The van der Waals surface area contributed by atoms with Crippen LogP contribution in [-0.2, 0) is 4.79 Å². The summed E-state index contributed by atoms with van der Waals surface area (Å²) >= 11 is 0. The predicted molar refractivity (Wildman–Crippen MR) is 76.4 cm³/mol. The number of amides is 3. The number of rotatable bonds is 6. The first-order valence-electron chi connectivity index (χ1n) is 7.24. The molecule has 6 nitrogen and oxygen atoms in total. The molecule has 0 aromatic carbocycles. The zero-order valence-electron chi connectivity index (χ0n) is 13.7. The minimum Gasteiger partial charge on any atom is -1.00 e. The molecule has 1 unspecified atom stereocenters. The Morgan fingerprint density at radius 1 is 1.19 bits per heavy atom. The minimum atomic E-state index is -0.876. The van der Waals surface area contributed by atoms with E-state index in [0.717, 1.165) is 4.90 Å². The maximum atomic E-state index is 12.1. The van der Waals surface area contributed by atoms with Gasteiger partial charge in [0.2, 0.25) is 0 Å². The molecule has 21 heavy (non-hydrogen) atoms. The molecule has 1 heterocycles. The van der Waals surface area contributed by atoms with Crippen LogP contribution >= 0.6 is 0 Å². The standard InChI is InChI=1S/C14H27N3O3.ClH/c1-9(2)16(10(3)4)7-11(18)8-17-12(19)14(5,6)15-13(17)20;/h9-11,18H,7-8H2,1-6H3,(H,15,20);1H. The molecule has 1 atom stereocenters. The van der Waals surface area contributed by atoms with E-state index in [1.165, 1.54) is 4.90 Å². The molecule has 1 fully saturated rings. The Morgan fingerprint density at radius 3 is 2.00 bits per heavy atom. The van der Waals surface area contributed by atoms with Crippen LogP contribution < -0.4 is 22.6 Å². The molecule has 3 amide bonds. The van der Waals surface area contributed by atoms with Crippen LogP contribution in [0.1, 0.15) is 41.5 Å². The van der Waals surface area contributed by atoms with E-state index in [1.54, 1.807) is 13.8 Å². The number of hydrogen-bond acceptors (Lipinski definition) is 3. The van der Waals surface area contributed by atoms with Gasteiger partial charge in [0.1, 0.15) is 18.2 Å². The predicted octanol–water partition coefficient (Wildman–Crippen LogP) is -3.62. The minimum absolute atomic E-state index is 0. The Hall–Kier alpha value is -0.850. The normalized spacial score (nSPS) is 19.2. The molecule has 0 aromatic heterocycles. The van der Waals surface area contributed by atoms with Gasteiger partial charge in [0.05, 0.1) is 18.6 Å². The summed E-state index contributed by atoms with van der Waals surface area (Å²) < 4.78 is 0. The third-order valence-electron chi connectivity index (χ3n) is 3.79. The third kappa shape index (κ3) is 4.83. The second kappa shape index (κ2) is 7.42. The van der Waals surface area contributed by atoms with Crippen molar-refractivity contribution in [2.45, 2.75) is 65.3 Å². The molecular formula is C14H28ClN3O3. The number of carbonyl (C=O) groups is 2. The Morgan fingerprint density at radius 2 is 1.67 bits per heavy atom. The number of halogens is 1. The van der Waals surface area contributed by atoms with E-state index < -0.39 is 17.7 Å². The summed E-state index contributed by atoms with van der Waals surface area (Å²) in [5, 5.41) is 12.8. The number of β-amino-alcohol motifs (C(OH)–C–C–N with tert-alkyl or cyclic N) is 1. The number of imide groups is 1. The number of aliphatic hydroxyl groups is 1. The Bertz CT molecular complexity index is 378. The average Bonchev–Trinajstić information content (AvgIpc) is 2.47. The van der Waals surface area contributed by atoms with Crippen molar-refractivity contribution in [3.05, 3.63) is 0 Å². The highest BCUT2D eigenvalue weighted by atomic mass is 35.5. The van der Waals surface area contributed by atoms with E-state index in [0.29, 0.717) is 18.6 Å². The van der Waals surface area contributed by atoms with Gasteiger partial charge in [-0.2, -0.15) is 0 Å². The van der Waals surface area contributed by atoms with Crippen molar-refractivity contribution in [1.29, 1.82) is 0 Å². The molecule has 1 rings (SSSR count). The average molecular weight is 322 g/mol. The van der Waals surface area contributed by atoms with Gasteiger partial charge in [0.25, 0.3) is 5.91 Å². The zero-order valence-corrected chi connectivity index (χ0v) is 14.5. The first-order valence-corrected chi connectivity index (χ1v) is 7.24. The lowest BCUT2D eigenvalue weighted by molar-refractivity contribution is -0.944. The Balaban J connectivity index is 0.00000400. The highest BCUT2D eigenvalue weighted by Gasteiger charge is 2.45. The summed E-state index contributed by atoms with van der Waals surface area (Å²) in [4.78, 5) is 26.2. The van der Waals surface area contributed by atoms with Crippen LogP contribution in [0.5, 0.6) is 0 Å². The van der Waals surface area contributed by atoms with Gasteiger partial charge < -0.3 is 27.7 Å². The van der Waals surface area contributed by atoms with Crippen molar-refractivity contribution >= 4 is 11.9 Å². The fraction of sp³-hybridized carbons (Fsp3) is 0.857. The zero-order chi connectivity index (χ0) is 15.7. The van der Waals surface area contributed by atoms with E-state index in [-0.39, 0.29) is 24.9 Å². The number of carbonyl (C=O) groups excluding carboxylic acids is 2. The maximum absolute atomic E-state index is 12.1. The van der Waals surface area contributed by atoms with Gasteiger partial charge in [0, 0.05) is 0 Å². The van der Waals surface area contributed by atoms with Crippen LogP contribution in [0.25, 0.3) is 0 Å². The lowest BCUT2D eigenvalue weighted by Gasteiger charge is -2.30. The summed E-state index contributed by atoms with van der Waals surface area (Å²) in [5.41, 5.74) is -0.876. The molecule has 1 aliphatic rings. The molecular weight excluding hydrogens is 294 g/mol. The van der Waals surface area contributed by atoms with Crippen molar-refractivity contribution in [3.8, 4) is 0 Å². The molecule has 0 bridgehead atoms. The van der Waals surface area contributed by atoms with Crippen molar-refractivity contribution < 1.29 is 32.0 Å². The highest BCUT2D eigenvalue weighted by Crippen LogP contribution is 2.16. The number of urea groups is 1. The van der Waals surface area contributed by atoms with E-state index in [2.05, 4.69) is 33.0 Å². The Labute approximate surface area is 133 Å². The number of aliphatic hydroxyl groups excluding tert-OH is 1. The summed E-state index contributed by atoms with van der Waals surface area (Å²) in [6, 6.07) is 0.336. The summed E-state index contributed by atoms with van der Waals surface area (Å²) in [7, 11) is 0. The largest absolute Gasteiger partial charge is 1.00 e. The van der Waals surface area contributed by atoms with Gasteiger partial charge in [0.15, 0.2) is 0 Å². The van der Waals surface area contributed by atoms with Crippen LogP contribution in [0, 0.1) is 0 Å². The summed E-state index contributed by atoms with van der Waals surface area (Å²) in [6.45, 7) is 12.3. The van der Waals surface area contributed by atoms with Gasteiger partial charge in [-0.15, -0.1) is 0 Å². The second-order valence-electron chi connectivity index (χ2n) is 6.71. The van der Waals surface area contributed by atoms with Gasteiger partial charge in [-0.1, -0.05) is 0 Å². The van der Waals surface area contributed by atoms with Crippen molar-refractivity contribution in [2.24, 2.45) is 0 Å². The summed E-state index contributed by atoms with van der Waals surface area (Å²) in [5.74, 6) is -0.280. The molecule has 0 saturated carbocycles. The smallest absolute Gasteiger partial charge is 0.325 e. The van der Waals surface area contributed by atoms with Crippen LogP contribution in [-0.4, -0.2) is 58.8 Å². The lowest BCUT2D eigenvalue weighted by atomic mass is 10.1. The van der Waals surface area contributed by atoms with Crippen LogP contribution in [0.2, 0.25) is 0 Å². The van der Waals surface area contributed by atoms with E-state index in [9.17, 15) is 14.7 Å². The number of nitrogens with zero attached hydrogens (tertiary/aromatic N) is 1. The van der Waals surface area contributed by atoms with E-state index in [4.69, 9.17) is 0 Å². The van der Waals surface area contributed by atoms with Gasteiger partial charge >= 0.3 is 6.03 Å². The van der Waals surface area contributed by atoms with Gasteiger partial charge in [-0.3, -0.25) is 9.69 Å². The quantitative estimate of drug-likeness (QED) is 0.442. The van der Waals surface area contributed by atoms with Gasteiger partial charge in [-0.05, 0) is 41.5 Å². The Kier molecular flexibility index (Phi) is 7.12. The van der Waals surface area contributed by atoms with Crippen LogP contribution in [0.3, 0.4) is 0 Å². The van der Waals surface area contributed by atoms with Crippen molar-refractivity contribution in [2.75, 3.05) is 13.1 Å². The summed E-state index contributed by atoms with van der Waals surface area (Å²) in [6.07, 6.45) is -0.710. The first-order chi connectivity index (χ1) is 9.06. The number of nitrogens with one attached hydrogen (secondary N) is 2. The van der Waals surface area contributed by atoms with E-state index >= 15 is 0 Å². The molecule has 1 aliphatic heterocycles. The maximum Gasteiger partial charge on any atom is 0.325 e. The molecule has 7 heteroatoms. The molecule has 0 spiro atoms. The van der Waals surface area contributed by atoms with Crippen molar-refractivity contribution in [1.82, 2.24) is 10.2 Å². The fourth-order valence-electron chi connectivity index (χ4n) is 2.67. The molecule has 0 radical (unpaired) electrons. The first kappa shape index (κ1) is 20.1. The van der Waals surface area contributed by atoms with E-state index in [1.807, 2.05) is 0 Å². The fourth-order valence-corrected chi connectivity index (χ4v) is 2.67. The molecule has 0 aliphatic carbocycles. The monoisotopic (exact) mass is 321 g/mol. The molecule has 3 N–H and O–H groups in total. The van der Waals surface area contributed by atoms with Crippen LogP contribution in [0.15, 0.2) is 0 Å². The highest BCUT2D eigenvalue weighted by molar-refractivity contribution is 6.06. The second-order valence-corrected chi connectivity index (χ2v) is 6.71.